The molecule has 3 rings (SSSR count). The van der Waals surface area contributed by atoms with Gasteiger partial charge in [0, 0.05) is 36.0 Å². The minimum Gasteiger partial charge on any atom is -0.497 e. The average molecular weight is 471 g/mol. The number of ether oxygens (including phenoxy) is 2. The van der Waals surface area contributed by atoms with E-state index in [-0.39, 0.29) is 5.60 Å². The van der Waals surface area contributed by atoms with Crippen LogP contribution in [0.25, 0.3) is 0 Å². The van der Waals surface area contributed by atoms with E-state index in [1.54, 1.807) is 13.2 Å². The van der Waals surface area contributed by atoms with Gasteiger partial charge < -0.3 is 19.7 Å². The number of halogens is 3. The van der Waals surface area contributed by atoms with Gasteiger partial charge in [-0.2, -0.15) is 13.2 Å². The highest BCUT2D eigenvalue weighted by molar-refractivity contribution is 7.99. The number of alkyl halides is 3. The molecule has 2 aromatic rings. The molecule has 0 bridgehead atoms. The van der Waals surface area contributed by atoms with E-state index in [2.05, 4.69) is 15.0 Å². The van der Waals surface area contributed by atoms with Crippen molar-refractivity contribution >= 4 is 23.9 Å². The summed E-state index contributed by atoms with van der Waals surface area (Å²) in [6, 6.07) is 11.3. The first-order chi connectivity index (χ1) is 15.0. The lowest BCUT2D eigenvalue weighted by atomic mass is 10.1. The highest BCUT2D eigenvalue weighted by atomic mass is 32.2. The number of methoxy groups -OCH3 is 1. The largest absolute Gasteiger partial charge is 0.497 e. The Morgan fingerprint density at radius 3 is 2.28 bits per heavy atom. The van der Waals surface area contributed by atoms with Gasteiger partial charge in [-0.15, -0.1) is 0 Å². The first-order valence-electron chi connectivity index (χ1n) is 10.1. The van der Waals surface area contributed by atoms with Gasteiger partial charge in [0.05, 0.1) is 18.4 Å². The Bertz CT molecular complexity index is 880. The zero-order valence-corrected chi connectivity index (χ0v) is 19.5. The van der Waals surface area contributed by atoms with Crippen LogP contribution in [0.5, 0.6) is 5.75 Å². The summed E-state index contributed by atoms with van der Waals surface area (Å²) < 4.78 is 49.2. The zero-order valence-electron chi connectivity index (χ0n) is 18.7. The van der Waals surface area contributed by atoms with E-state index in [1.165, 1.54) is 17.8 Å². The number of carbonyl (C=O) groups is 1. The van der Waals surface area contributed by atoms with Gasteiger partial charge in [-0.1, -0.05) is 17.8 Å². The molecule has 5 nitrogen and oxygen atoms in total. The summed E-state index contributed by atoms with van der Waals surface area (Å²) >= 11 is 1.33. The Morgan fingerprint density at radius 2 is 1.75 bits per heavy atom. The Kier molecular flexibility index (Phi) is 9.27. The van der Waals surface area contributed by atoms with Gasteiger partial charge in [-0.05, 0) is 57.2 Å². The lowest BCUT2D eigenvalue weighted by Crippen LogP contribution is -2.43. The molecule has 0 amide bonds. The molecule has 1 aliphatic rings. The molecule has 0 spiro atoms. The Morgan fingerprint density at radius 1 is 1.06 bits per heavy atom. The van der Waals surface area contributed by atoms with Gasteiger partial charge in [0.1, 0.15) is 11.4 Å². The van der Waals surface area contributed by atoms with Gasteiger partial charge in [-0.25, -0.2) is 0 Å². The molecule has 9 heteroatoms. The summed E-state index contributed by atoms with van der Waals surface area (Å²) in [6.07, 6.45) is -4.36. The van der Waals surface area contributed by atoms with Crippen LogP contribution in [0.1, 0.15) is 26.3 Å². The summed E-state index contributed by atoms with van der Waals surface area (Å²) in [4.78, 5) is 13.2. The predicted octanol–water partition coefficient (Wildman–Crippen LogP) is 5.23. The molecular formula is C23H29F3N2O3S. The number of anilines is 1. The van der Waals surface area contributed by atoms with Crippen molar-refractivity contribution in [2.75, 3.05) is 38.2 Å². The van der Waals surface area contributed by atoms with Crippen molar-refractivity contribution in [3.8, 4) is 5.75 Å². The number of hydrogen-bond acceptors (Lipinski definition) is 6. The van der Waals surface area contributed by atoms with Crippen molar-refractivity contribution in [1.82, 2.24) is 5.32 Å². The van der Waals surface area contributed by atoms with Crippen LogP contribution in [0.15, 0.2) is 52.3 Å². The maximum absolute atomic E-state index is 13.1. The molecule has 0 aliphatic carbocycles. The molecule has 0 atom stereocenters. The predicted molar refractivity (Wildman–Crippen MR) is 121 cm³/mol. The molecule has 2 aromatic carbocycles. The van der Waals surface area contributed by atoms with E-state index in [9.17, 15) is 18.0 Å². The van der Waals surface area contributed by atoms with Crippen LogP contribution in [-0.4, -0.2) is 45.4 Å². The highest BCUT2D eigenvalue weighted by Crippen LogP contribution is 2.40. The molecule has 0 aromatic heterocycles. The standard InChI is InChI=1S/C18H19F3N2OS.C5H10O2/c1-24-14-3-2-4-15(12-14)25-17-11-13(18(19,20)21)5-6-16(17)23-9-7-22-8-10-23;1-5(2,3)7-4-6/h2-6,11-12,22H,7-10H2,1H3;4H,1-3H3. The maximum Gasteiger partial charge on any atom is 0.416 e. The second-order valence-corrected chi connectivity index (χ2v) is 9.14. The van der Waals surface area contributed by atoms with Crippen LogP contribution in [0, 0.1) is 0 Å². The van der Waals surface area contributed by atoms with Gasteiger partial charge in [0.2, 0.25) is 0 Å². The second-order valence-electron chi connectivity index (χ2n) is 8.02. The normalized spacial score (nSPS) is 14.3. The average Bonchev–Trinajstić information content (AvgIpc) is 2.73. The number of nitrogens with one attached hydrogen (secondary N) is 1. The van der Waals surface area contributed by atoms with Crippen molar-refractivity contribution in [3.05, 3.63) is 48.0 Å². The van der Waals surface area contributed by atoms with Gasteiger partial charge >= 0.3 is 6.18 Å². The smallest absolute Gasteiger partial charge is 0.416 e. The number of hydrogen-bond donors (Lipinski definition) is 1. The highest BCUT2D eigenvalue weighted by Gasteiger charge is 2.31. The summed E-state index contributed by atoms with van der Waals surface area (Å²) in [7, 11) is 1.57. The fraction of sp³-hybridized carbons (Fsp3) is 0.435. The van der Waals surface area contributed by atoms with Crippen LogP contribution < -0.4 is 15.0 Å². The summed E-state index contributed by atoms with van der Waals surface area (Å²) in [5.41, 5.74) is -0.110. The number of benzene rings is 2. The van der Waals surface area contributed by atoms with E-state index >= 15 is 0 Å². The van der Waals surface area contributed by atoms with Crippen LogP contribution in [0.2, 0.25) is 0 Å². The van der Waals surface area contributed by atoms with E-state index in [0.29, 0.717) is 17.1 Å². The first kappa shape index (κ1) is 25.9. The quantitative estimate of drug-likeness (QED) is 0.604. The van der Waals surface area contributed by atoms with Crippen molar-refractivity contribution in [2.45, 2.75) is 42.3 Å². The topological polar surface area (TPSA) is 50.8 Å². The summed E-state index contributed by atoms with van der Waals surface area (Å²) in [6.45, 7) is 9.12. The summed E-state index contributed by atoms with van der Waals surface area (Å²) in [5, 5.41) is 3.26. The Labute approximate surface area is 191 Å². The van der Waals surface area contributed by atoms with E-state index in [0.717, 1.165) is 42.8 Å². The molecule has 0 radical (unpaired) electrons. The van der Waals surface area contributed by atoms with Crippen molar-refractivity contribution in [3.63, 3.8) is 0 Å². The van der Waals surface area contributed by atoms with E-state index in [1.807, 2.05) is 45.0 Å². The molecule has 0 saturated carbocycles. The molecule has 176 valence electrons. The number of rotatable bonds is 5. The van der Waals surface area contributed by atoms with Crippen LogP contribution in [-0.2, 0) is 15.7 Å². The van der Waals surface area contributed by atoms with Crippen LogP contribution in [0.4, 0.5) is 18.9 Å². The van der Waals surface area contributed by atoms with Crippen molar-refractivity contribution < 1.29 is 27.4 Å². The molecule has 1 aliphatic heterocycles. The van der Waals surface area contributed by atoms with Gasteiger partial charge in [0.25, 0.3) is 6.47 Å². The third-order valence-electron chi connectivity index (χ3n) is 4.42. The molecule has 1 heterocycles. The second kappa shape index (κ2) is 11.5. The molecule has 0 unspecified atom stereocenters. The number of carbonyl (C=O) groups excluding carboxylic acids is 1. The minimum atomic E-state index is -4.36. The molecule has 1 fully saturated rings. The SMILES string of the molecule is CC(C)(C)OC=O.COc1cccc(Sc2cc(C(F)(F)F)ccc2N2CCNCC2)c1. The molecule has 1 saturated heterocycles. The minimum absolute atomic E-state index is 0.318. The number of piperazine rings is 1. The molecule has 1 N–H and O–H groups in total. The van der Waals surface area contributed by atoms with Gasteiger partial charge in [-0.3, -0.25) is 4.79 Å². The Hall–Kier alpha value is -2.39. The lowest BCUT2D eigenvalue weighted by Gasteiger charge is -2.31. The number of nitrogens with zero attached hydrogens (tertiary/aromatic N) is 1. The van der Waals surface area contributed by atoms with Crippen molar-refractivity contribution in [2.24, 2.45) is 0 Å². The van der Waals surface area contributed by atoms with E-state index < -0.39 is 11.7 Å². The molecular weight excluding hydrogens is 441 g/mol. The fourth-order valence-corrected chi connectivity index (χ4v) is 3.94. The summed E-state index contributed by atoms with van der Waals surface area (Å²) in [5.74, 6) is 0.681. The lowest BCUT2D eigenvalue weighted by molar-refractivity contribution is -0.139. The third kappa shape index (κ3) is 8.27. The van der Waals surface area contributed by atoms with Crippen molar-refractivity contribution in [1.29, 1.82) is 0 Å². The third-order valence-corrected chi connectivity index (χ3v) is 5.45. The maximum atomic E-state index is 13.1. The van der Waals surface area contributed by atoms with Crippen LogP contribution >= 0.6 is 11.8 Å². The Balaban J connectivity index is 0.000000451. The monoisotopic (exact) mass is 470 g/mol. The first-order valence-corrected chi connectivity index (χ1v) is 11.0. The fourth-order valence-electron chi connectivity index (χ4n) is 2.88. The van der Waals surface area contributed by atoms with E-state index in [4.69, 9.17) is 4.74 Å². The molecule has 32 heavy (non-hydrogen) atoms. The van der Waals surface area contributed by atoms with Crippen LogP contribution in [0.3, 0.4) is 0 Å². The zero-order chi connectivity index (χ0) is 23.8. The van der Waals surface area contributed by atoms with Gasteiger partial charge in [0.15, 0.2) is 0 Å².